The van der Waals surface area contributed by atoms with Gasteiger partial charge in [-0.3, -0.25) is 0 Å². The number of halogens is 1. The fourth-order valence-corrected chi connectivity index (χ4v) is 2.11. The van der Waals surface area contributed by atoms with Crippen LogP contribution >= 0.6 is 23.8 Å². The second-order valence-corrected chi connectivity index (χ2v) is 4.96. The first kappa shape index (κ1) is 12.3. The highest BCUT2D eigenvalue weighted by atomic mass is 35.5. The maximum Gasteiger partial charge on any atom is 0.257 e. The molecule has 0 aliphatic carbocycles. The zero-order chi connectivity index (χ0) is 13.6. The monoisotopic (exact) mass is 291 g/mol. The quantitative estimate of drug-likeness (QED) is 0.647. The van der Waals surface area contributed by atoms with Crippen LogP contribution < -0.4 is 0 Å². The van der Waals surface area contributed by atoms with E-state index in [-0.39, 0.29) is 0 Å². The van der Waals surface area contributed by atoms with Crippen LogP contribution in [-0.2, 0) is 7.05 Å². The zero-order valence-electron chi connectivity index (χ0n) is 10.3. The molecule has 5 nitrogen and oxygen atoms in total. The molecule has 96 valence electrons. The fraction of sp³-hybridized carbons (Fsp3) is 0.167. The van der Waals surface area contributed by atoms with Gasteiger partial charge < -0.3 is 4.57 Å². The molecule has 0 bridgehead atoms. The lowest BCUT2D eigenvalue weighted by Gasteiger charge is -2.02. The summed E-state index contributed by atoms with van der Waals surface area (Å²) in [6.45, 7) is 1.88. The van der Waals surface area contributed by atoms with E-state index >= 15 is 0 Å². The number of benzene rings is 1. The first-order valence-corrected chi connectivity index (χ1v) is 6.41. The van der Waals surface area contributed by atoms with Crippen molar-refractivity contribution in [1.29, 1.82) is 0 Å². The van der Waals surface area contributed by atoms with Crippen LogP contribution in [0.15, 0.2) is 24.3 Å². The van der Waals surface area contributed by atoms with E-state index in [0.717, 1.165) is 11.4 Å². The summed E-state index contributed by atoms with van der Waals surface area (Å²) in [6.07, 6.45) is 0. The van der Waals surface area contributed by atoms with Gasteiger partial charge in [-0.05, 0) is 43.4 Å². The van der Waals surface area contributed by atoms with Gasteiger partial charge in [0.05, 0.1) is 0 Å². The fourth-order valence-electron chi connectivity index (χ4n) is 1.73. The van der Waals surface area contributed by atoms with Gasteiger partial charge in [0.15, 0.2) is 5.82 Å². The Morgan fingerprint density at radius 3 is 2.53 bits per heavy atom. The number of fused-ring (bicyclic) bond motifs is 1. The molecule has 0 radical (unpaired) electrons. The Bertz CT molecular complexity index is 818. The van der Waals surface area contributed by atoms with Gasteiger partial charge in [0, 0.05) is 17.6 Å². The van der Waals surface area contributed by atoms with Gasteiger partial charge >= 0.3 is 0 Å². The molecule has 3 rings (SSSR count). The van der Waals surface area contributed by atoms with Crippen molar-refractivity contribution in [3.8, 4) is 11.4 Å². The van der Waals surface area contributed by atoms with Crippen LogP contribution in [-0.4, -0.2) is 24.1 Å². The van der Waals surface area contributed by atoms with Crippen molar-refractivity contribution < 1.29 is 0 Å². The maximum atomic E-state index is 5.87. The van der Waals surface area contributed by atoms with E-state index in [1.165, 1.54) is 0 Å². The summed E-state index contributed by atoms with van der Waals surface area (Å²) in [5.74, 6) is 1.89. The molecular formula is C12H10ClN5S. The summed E-state index contributed by atoms with van der Waals surface area (Å²) in [4.78, 5) is 8.75. The number of rotatable bonds is 1. The first-order valence-electron chi connectivity index (χ1n) is 5.62. The van der Waals surface area contributed by atoms with E-state index < -0.39 is 0 Å². The molecule has 2 aromatic heterocycles. The molecule has 7 heteroatoms. The van der Waals surface area contributed by atoms with Crippen LogP contribution in [0.1, 0.15) is 5.82 Å². The molecule has 3 aromatic rings. The molecule has 0 N–H and O–H groups in total. The van der Waals surface area contributed by atoms with Crippen LogP contribution in [0.5, 0.6) is 0 Å². The highest BCUT2D eigenvalue weighted by Gasteiger charge is 2.10. The van der Waals surface area contributed by atoms with Crippen LogP contribution in [0.25, 0.3) is 17.2 Å². The molecule has 0 fully saturated rings. The van der Waals surface area contributed by atoms with Crippen LogP contribution in [0, 0.1) is 11.7 Å². The Morgan fingerprint density at radius 1 is 1.16 bits per heavy atom. The minimum absolute atomic E-state index is 0.505. The van der Waals surface area contributed by atoms with Crippen LogP contribution in [0.3, 0.4) is 0 Å². The molecule has 19 heavy (non-hydrogen) atoms. The highest BCUT2D eigenvalue weighted by molar-refractivity contribution is 7.71. The largest absolute Gasteiger partial charge is 0.308 e. The third kappa shape index (κ3) is 2.02. The van der Waals surface area contributed by atoms with E-state index in [1.54, 1.807) is 21.2 Å². The SMILES string of the molecule is Cc1nc2nc(-c3ccc(Cl)cc3)nn2c(=S)n1C. The van der Waals surface area contributed by atoms with Gasteiger partial charge in [0.25, 0.3) is 5.78 Å². The lowest BCUT2D eigenvalue weighted by molar-refractivity contribution is 0.715. The summed E-state index contributed by atoms with van der Waals surface area (Å²) in [7, 11) is 1.85. The third-order valence-corrected chi connectivity index (χ3v) is 3.61. The van der Waals surface area contributed by atoms with Crippen molar-refractivity contribution in [2.24, 2.45) is 7.05 Å². The minimum atomic E-state index is 0.505. The number of aryl methyl sites for hydroxylation is 1. The second kappa shape index (κ2) is 4.40. The molecular weight excluding hydrogens is 282 g/mol. The van der Waals surface area contributed by atoms with Gasteiger partial charge in [0.2, 0.25) is 4.77 Å². The molecule has 0 amide bonds. The van der Waals surface area contributed by atoms with Crippen LogP contribution in [0.2, 0.25) is 5.02 Å². The molecule has 0 spiro atoms. The predicted octanol–water partition coefficient (Wildman–Crippen LogP) is 2.82. The van der Waals surface area contributed by atoms with E-state index in [4.69, 9.17) is 23.8 Å². The Kier molecular flexibility index (Phi) is 2.83. The summed E-state index contributed by atoms with van der Waals surface area (Å²) in [6, 6.07) is 7.34. The molecule has 0 saturated carbocycles. The van der Waals surface area contributed by atoms with Crippen molar-refractivity contribution in [1.82, 2.24) is 24.1 Å². The van der Waals surface area contributed by atoms with E-state index in [1.807, 2.05) is 26.1 Å². The van der Waals surface area contributed by atoms with Crippen LogP contribution in [0.4, 0.5) is 0 Å². The first-order chi connectivity index (χ1) is 9.06. The summed E-state index contributed by atoms with van der Waals surface area (Å²) in [5, 5.41) is 5.07. The summed E-state index contributed by atoms with van der Waals surface area (Å²) < 4.78 is 3.92. The average Bonchev–Trinajstić information content (AvgIpc) is 2.81. The van der Waals surface area contributed by atoms with Gasteiger partial charge in [-0.25, -0.2) is 0 Å². The van der Waals surface area contributed by atoms with Crippen molar-refractivity contribution in [3.63, 3.8) is 0 Å². The predicted molar refractivity (Wildman–Crippen MR) is 75.8 cm³/mol. The number of hydrogen-bond acceptors (Lipinski definition) is 4. The smallest absolute Gasteiger partial charge is 0.257 e. The molecule has 0 saturated heterocycles. The maximum absolute atomic E-state index is 5.87. The number of aromatic nitrogens is 5. The van der Waals surface area contributed by atoms with Gasteiger partial charge in [-0.1, -0.05) is 11.6 Å². The van der Waals surface area contributed by atoms with Crippen molar-refractivity contribution in [3.05, 3.63) is 39.9 Å². The topological polar surface area (TPSA) is 48.0 Å². The second-order valence-electron chi connectivity index (χ2n) is 4.15. The third-order valence-electron chi connectivity index (χ3n) is 2.91. The lowest BCUT2D eigenvalue weighted by Crippen LogP contribution is -2.07. The summed E-state index contributed by atoms with van der Waals surface area (Å²) >= 11 is 11.2. The summed E-state index contributed by atoms with van der Waals surface area (Å²) in [5.41, 5.74) is 0.879. The molecule has 0 unspecified atom stereocenters. The minimum Gasteiger partial charge on any atom is -0.308 e. The van der Waals surface area contributed by atoms with Crippen molar-refractivity contribution in [2.75, 3.05) is 0 Å². The zero-order valence-corrected chi connectivity index (χ0v) is 11.9. The van der Waals surface area contributed by atoms with Gasteiger partial charge in [0.1, 0.15) is 5.82 Å². The van der Waals surface area contributed by atoms with Gasteiger partial charge in [-0.2, -0.15) is 14.5 Å². The normalized spacial score (nSPS) is 11.1. The molecule has 0 aliphatic heterocycles. The van der Waals surface area contributed by atoms with E-state index in [0.29, 0.717) is 21.4 Å². The van der Waals surface area contributed by atoms with Crippen molar-refractivity contribution >= 4 is 29.6 Å². The molecule has 1 aromatic carbocycles. The Labute approximate surface area is 119 Å². The van der Waals surface area contributed by atoms with E-state index in [2.05, 4.69) is 15.1 Å². The Balaban J connectivity index is 2.25. The highest BCUT2D eigenvalue weighted by Crippen LogP contribution is 2.18. The molecule has 0 atom stereocenters. The molecule has 2 heterocycles. The van der Waals surface area contributed by atoms with E-state index in [9.17, 15) is 0 Å². The lowest BCUT2D eigenvalue weighted by atomic mass is 10.2. The van der Waals surface area contributed by atoms with Crippen molar-refractivity contribution in [2.45, 2.75) is 6.92 Å². The average molecular weight is 292 g/mol. The number of hydrogen-bond donors (Lipinski definition) is 0. The Morgan fingerprint density at radius 2 is 1.84 bits per heavy atom. The standard InChI is InChI=1S/C12H10ClN5S/c1-7-14-11-15-10(8-3-5-9(13)6-4-8)16-18(11)12(19)17(7)2/h3-6H,1-2H3. The molecule has 0 aliphatic rings. The Hall–Kier alpha value is -1.79. The number of nitrogens with zero attached hydrogens (tertiary/aromatic N) is 5. The van der Waals surface area contributed by atoms with Gasteiger partial charge in [-0.15, -0.1) is 5.10 Å².